The van der Waals surface area contributed by atoms with Crippen LogP contribution in [0.25, 0.3) is 21.8 Å². The van der Waals surface area contributed by atoms with Crippen molar-refractivity contribution < 1.29 is 33.8 Å². The van der Waals surface area contributed by atoms with E-state index >= 15 is 0 Å². The molecular formula is C37H47Cl2N5O7. The number of amides is 2. The van der Waals surface area contributed by atoms with Crippen molar-refractivity contribution in [2.24, 2.45) is 5.73 Å². The number of carbonyl (C=O) groups is 4. The molecule has 14 heteroatoms. The van der Waals surface area contributed by atoms with Gasteiger partial charge < -0.3 is 30.3 Å². The molecule has 4 heterocycles. The van der Waals surface area contributed by atoms with Crippen molar-refractivity contribution in [3.8, 4) is 0 Å². The lowest BCUT2D eigenvalue weighted by atomic mass is 9.94. The lowest BCUT2D eigenvalue weighted by molar-refractivity contribution is -0.147. The summed E-state index contributed by atoms with van der Waals surface area (Å²) in [7, 11) is 0. The number of likely N-dealkylation sites (tertiary alicyclic amines) is 2. The fourth-order valence-electron chi connectivity index (χ4n) is 5.43. The summed E-state index contributed by atoms with van der Waals surface area (Å²) in [5, 5.41) is 12.1. The zero-order chi connectivity index (χ0) is 37.7. The fraction of sp³-hybridized carbons (Fsp3) is 0.459. The molecule has 276 valence electrons. The second-order valence-electron chi connectivity index (χ2n) is 14.5. The lowest BCUT2D eigenvalue weighted by Gasteiger charge is -2.40. The van der Waals surface area contributed by atoms with E-state index in [1.807, 2.05) is 57.2 Å². The zero-order valence-electron chi connectivity index (χ0n) is 29.8. The molecule has 0 saturated carbocycles. The number of aliphatic carboxylic acids is 1. The maximum Gasteiger partial charge on any atom is 0.411 e. The summed E-state index contributed by atoms with van der Waals surface area (Å²) in [6, 6.07) is 10.9. The summed E-state index contributed by atoms with van der Waals surface area (Å²) in [5.74, 6) is -0.889. The standard InChI is InChI=1S/C19H23ClN2O3.C9H9ClN2.C9H15NO4/c1-19(2,3)25-18(24)22-9-8-16(22)17(23)7-5-12-4-6-15-13(10-12)14(20)11-21-15;10-8-5-12-9-2-1-6(4-11)3-7(8)9;1-9(2,3)14-8(13)10-5-4-6(10)7(11)12/h4,6,10-11,16,21H,5,7-9H2,1-3H3;1-3,5,12H,4,11H2;6H,4-5H2,1-3H3,(H,11,12)/t16-;;6-/m0.0/s1. The van der Waals surface area contributed by atoms with Gasteiger partial charge in [-0.15, -0.1) is 0 Å². The molecule has 2 atom stereocenters. The summed E-state index contributed by atoms with van der Waals surface area (Å²) in [4.78, 5) is 55.5. The van der Waals surface area contributed by atoms with Gasteiger partial charge in [0.15, 0.2) is 5.78 Å². The van der Waals surface area contributed by atoms with E-state index < -0.39 is 35.4 Å². The molecule has 51 heavy (non-hydrogen) atoms. The van der Waals surface area contributed by atoms with Crippen molar-refractivity contribution in [3.63, 3.8) is 0 Å². The number of H-pyrrole nitrogens is 2. The topological polar surface area (TPSA) is 171 Å². The number of aryl methyl sites for hydroxylation is 1. The number of carbonyl (C=O) groups excluding carboxylic acids is 3. The van der Waals surface area contributed by atoms with Gasteiger partial charge >= 0.3 is 18.2 Å². The third kappa shape index (κ3) is 10.6. The molecule has 2 aromatic heterocycles. The highest BCUT2D eigenvalue weighted by atomic mass is 35.5. The van der Waals surface area contributed by atoms with Crippen molar-refractivity contribution in [2.75, 3.05) is 13.1 Å². The number of carboxylic acids is 1. The number of carboxylic acid groups (broad SMARTS) is 1. The third-order valence-electron chi connectivity index (χ3n) is 8.24. The first-order valence-electron chi connectivity index (χ1n) is 16.8. The van der Waals surface area contributed by atoms with Crippen LogP contribution < -0.4 is 5.73 Å². The van der Waals surface area contributed by atoms with Crippen LogP contribution in [0.15, 0.2) is 48.8 Å². The van der Waals surface area contributed by atoms with Crippen LogP contribution in [0, 0.1) is 0 Å². The fourth-order valence-corrected chi connectivity index (χ4v) is 5.85. The van der Waals surface area contributed by atoms with E-state index in [-0.39, 0.29) is 11.8 Å². The molecule has 0 spiro atoms. The van der Waals surface area contributed by atoms with Crippen molar-refractivity contribution >= 4 is 68.9 Å². The summed E-state index contributed by atoms with van der Waals surface area (Å²) in [6.45, 7) is 12.3. The van der Waals surface area contributed by atoms with Crippen LogP contribution in [0.4, 0.5) is 9.59 Å². The van der Waals surface area contributed by atoms with Crippen LogP contribution in [0.1, 0.15) is 71.9 Å². The van der Waals surface area contributed by atoms with E-state index in [0.29, 0.717) is 50.3 Å². The van der Waals surface area contributed by atoms with Gasteiger partial charge in [0.1, 0.15) is 17.2 Å². The number of rotatable bonds is 6. The van der Waals surface area contributed by atoms with E-state index in [9.17, 15) is 19.2 Å². The molecule has 2 fully saturated rings. The average Bonchev–Trinajstić information content (AvgIpc) is 3.54. The van der Waals surface area contributed by atoms with E-state index in [1.165, 1.54) is 9.80 Å². The van der Waals surface area contributed by atoms with Crippen LogP contribution in [-0.4, -0.2) is 85.2 Å². The summed E-state index contributed by atoms with van der Waals surface area (Å²) >= 11 is 12.1. The van der Waals surface area contributed by atoms with Crippen molar-refractivity contribution in [1.82, 2.24) is 19.8 Å². The van der Waals surface area contributed by atoms with E-state index in [0.717, 1.165) is 38.0 Å². The van der Waals surface area contributed by atoms with Crippen molar-refractivity contribution in [3.05, 3.63) is 70.0 Å². The van der Waals surface area contributed by atoms with Crippen LogP contribution in [-0.2, 0) is 32.0 Å². The number of benzene rings is 2. The van der Waals surface area contributed by atoms with Gasteiger partial charge in [0, 0.05) is 60.3 Å². The van der Waals surface area contributed by atoms with Crippen LogP contribution >= 0.6 is 23.2 Å². The van der Waals surface area contributed by atoms with Crippen molar-refractivity contribution in [1.29, 1.82) is 0 Å². The Hall–Kier alpha value is -4.26. The predicted molar refractivity (Wildman–Crippen MR) is 198 cm³/mol. The largest absolute Gasteiger partial charge is 0.480 e. The second-order valence-corrected chi connectivity index (χ2v) is 15.3. The number of nitrogens with zero attached hydrogens (tertiary/aromatic N) is 2. The molecule has 0 aliphatic carbocycles. The Balaban J connectivity index is 0.000000189. The van der Waals surface area contributed by atoms with E-state index in [1.54, 1.807) is 33.2 Å². The van der Waals surface area contributed by atoms with Gasteiger partial charge in [-0.05, 0) is 96.2 Å². The van der Waals surface area contributed by atoms with E-state index in [2.05, 4.69) is 9.97 Å². The number of aromatic nitrogens is 2. The Morgan fingerprint density at radius 3 is 1.65 bits per heavy atom. The minimum atomic E-state index is -0.970. The molecule has 0 bridgehead atoms. The Labute approximate surface area is 307 Å². The second kappa shape index (κ2) is 16.4. The predicted octanol–water partition coefficient (Wildman–Crippen LogP) is 7.69. The molecule has 2 saturated heterocycles. The number of hydrogen-bond donors (Lipinski definition) is 4. The van der Waals surface area contributed by atoms with E-state index in [4.69, 9.17) is 43.5 Å². The highest BCUT2D eigenvalue weighted by molar-refractivity contribution is 6.36. The van der Waals surface area contributed by atoms with Gasteiger partial charge in [0.05, 0.1) is 16.1 Å². The Bertz CT molecular complexity index is 1870. The highest BCUT2D eigenvalue weighted by Crippen LogP contribution is 2.27. The first-order chi connectivity index (χ1) is 23.9. The minimum Gasteiger partial charge on any atom is -0.480 e. The van der Waals surface area contributed by atoms with Gasteiger partial charge in [-0.3, -0.25) is 14.6 Å². The molecule has 12 nitrogen and oxygen atoms in total. The van der Waals surface area contributed by atoms with Gasteiger partial charge in [0.25, 0.3) is 0 Å². The molecule has 2 aromatic carbocycles. The van der Waals surface area contributed by atoms with Gasteiger partial charge in [-0.2, -0.15) is 0 Å². The first-order valence-corrected chi connectivity index (χ1v) is 17.6. The number of ketones is 1. The lowest BCUT2D eigenvalue weighted by Crippen LogP contribution is -2.56. The Kier molecular flexibility index (Phi) is 12.7. The zero-order valence-corrected chi connectivity index (χ0v) is 31.4. The Morgan fingerprint density at radius 2 is 1.24 bits per heavy atom. The summed E-state index contributed by atoms with van der Waals surface area (Å²) in [6.07, 6.45) is 4.84. The number of ether oxygens (including phenoxy) is 2. The molecule has 6 rings (SSSR count). The Morgan fingerprint density at radius 1 is 0.784 bits per heavy atom. The minimum absolute atomic E-state index is 0.0809. The van der Waals surface area contributed by atoms with Crippen LogP contribution in [0.2, 0.25) is 10.0 Å². The summed E-state index contributed by atoms with van der Waals surface area (Å²) in [5.41, 5.74) is 8.58. The molecule has 2 aliphatic rings. The number of hydrogen-bond acceptors (Lipinski definition) is 7. The number of nitrogens with one attached hydrogen (secondary N) is 2. The first kappa shape index (κ1) is 39.5. The number of Topliss-reactive ketones (excluding diaryl/α,β-unsaturated/α-hetero) is 1. The van der Waals surface area contributed by atoms with Crippen molar-refractivity contribution in [2.45, 2.75) is 97.1 Å². The third-order valence-corrected chi connectivity index (χ3v) is 8.86. The maximum absolute atomic E-state index is 12.5. The molecule has 0 unspecified atom stereocenters. The van der Waals surface area contributed by atoms with Gasteiger partial charge in [0.2, 0.25) is 0 Å². The number of fused-ring (bicyclic) bond motifs is 2. The average molecular weight is 745 g/mol. The number of nitrogens with two attached hydrogens (primary N) is 1. The molecule has 5 N–H and O–H groups in total. The van der Waals surface area contributed by atoms with Gasteiger partial charge in [-0.1, -0.05) is 35.3 Å². The van der Waals surface area contributed by atoms with Crippen LogP contribution in [0.3, 0.4) is 0 Å². The number of halogens is 2. The number of aromatic amines is 2. The highest BCUT2D eigenvalue weighted by Gasteiger charge is 2.40. The smallest absolute Gasteiger partial charge is 0.411 e. The quantitative estimate of drug-likeness (QED) is 0.156. The van der Waals surface area contributed by atoms with Gasteiger partial charge in [-0.25, -0.2) is 14.4 Å². The monoisotopic (exact) mass is 743 g/mol. The molecule has 2 aliphatic heterocycles. The molecule has 2 amide bonds. The van der Waals surface area contributed by atoms with Crippen LogP contribution in [0.5, 0.6) is 0 Å². The molecule has 4 aromatic rings. The normalized spacial score (nSPS) is 17.0. The molecule has 0 radical (unpaired) electrons. The maximum atomic E-state index is 12.5. The SMILES string of the molecule is CC(C)(C)OC(=O)N1CC[C@H]1C(=O)CCc1ccc2[nH]cc(Cl)c2c1.CC(C)(C)OC(=O)N1CC[C@H]1C(=O)O.NCc1ccc2[nH]cc(Cl)c2c1. The summed E-state index contributed by atoms with van der Waals surface area (Å²) < 4.78 is 10.4. The molecular weight excluding hydrogens is 697 g/mol.